The first-order chi connectivity index (χ1) is 18.2. The van der Waals surface area contributed by atoms with Gasteiger partial charge in [-0.1, -0.05) is 32.9 Å². The summed E-state index contributed by atoms with van der Waals surface area (Å²) in [5.74, 6) is -0.0203. The van der Waals surface area contributed by atoms with Crippen LogP contribution < -0.4 is 5.32 Å². The molecule has 4 aromatic heterocycles. The van der Waals surface area contributed by atoms with Crippen molar-refractivity contribution in [3.05, 3.63) is 79.1 Å². The van der Waals surface area contributed by atoms with Crippen molar-refractivity contribution >= 4 is 33.4 Å². The minimum Gasteiger partial charge on any atom is -0.353 e. The second-order valence-electron chi connectivity index (χ2n) is 10.9. The van der Waals surface area contributed by atoms with Crippen LogP contribution in [0.4, 0.5) is 5.69 Å². The van der Waals surface area contributed by atoms with Crippen LogP contribution in [0.15, 0.2) is 73.4 Å². The molecule has 3 N–H and O–H groups in total. The molecule has 0 atom stereocenters. The molecule has 0 spiro atoms. The topological polar surface area (TPSA) is 104 Å². The maximum absolute atomic E-state index is 12.4. The van der Waals surface area contributed by atoms with Crippen LogP contribution in [0.5, 0.6) is 0 Å². The Morgan fingerprint density at radius 2 is 1.87 bits per heavy atom. The van der Waals surface area contributed by atoms with Crippen LogP contribution in [0.2, 0.25) is 0 Å². The van der Waals surface area contributed by atoms with Crippen LogP contribution in [-0.4, -0.2) is 35.6 Å². The van der Waals surface area contributed by atoms with Crippen LogP contribution in [-0.2, 0) is 4.79 Å². The fourth-order valence-corrected chi connectivity index (χ4v) is 4.80. The van der Waals surface area contributed by atoms with Gasteiger partial charge in [-0.2, -0.15) is 5.10 Å². The van der Waals surface area contributed by atoms with E-state index in [1.54, 1.807) is 6.20 Å². The van der Waals surface area contributed by atoms with E-state index in [-0.39, 0.29) is 11.3 Å². The third-order valence-electron chi connectivity index (χ3n) is 6.50. The fourth-order valence-electron chi connectivity index (χ4n) is 4.80. The first kappa shape index (κ1) is 23.7. The number of nitrogens with one attached hydrogen (secondary N) is 3. The smallest absolute Gasteiger partial charge is 0.224 e. The molecule has 0 unspecified atom stereocenters. The SMILES string of the molecule is Cc1cn(-c2cccc3[nH]c(-c4n[nH]c5ccc(-c6cncc(NC(=O)CC(C)(C)C)c6)cc45)cc23)cn1. The summed E-state index contributed by atoms with van der Waals surface area (Å²) in [7, 11) is 0. The number of H-pyrrole nitrogens is 2. The van der Waals surface area contributed by atoms with Gasteiger partial charge in [-0.15, -0.1) is 0 Å². The molecule has 0 bridgehead atoms. The molecule has 0 saturated carbocycles. The Bertz CT molecular complexity index is 1800. The van der Waals surface area contributed by atoms with Gasteiger partial charge >= 0.3 is 0 Å². The Morgan fingerprint density at radius 3 is 2.66 bits per heavy atom. The molecular weight excluding hydrogens is 474 g/mol. The molecule has 0 saturated heterocycles. The highest BCUT2D eigenvalue weighted by atomic mass is 16.1. The third-order valence-corrected chi connectivity index (χ3v) is 6.50. The van der Waals surface area contributed by atoms with E-state index in [1.165, 1.54) is 0 Å². The van der Waals surface area contributed by atoms with Crippen LogP contribution in [0.1, 0.15) is 32.9 Å². The summed E-state index contributed by atoms with van der Waals surface area (Å²) < 4.78 is 2.04. The summed E-state index contributed by atoms with van der Waals surface area (Å²) >= 11 is 0. The summed E-state index contributed by atoms with van der Waals surface area (Å²) in [6, 6.07) is 16.4. The van der Waals surface area contributed by atoms with Gasteiger partial charge in [0.15, 0.2) is 0 Å². The van der Waals surface area contributed by atoms with Gasteiger partial charge in [-0.3, -0.25) is 14.9 Å². The van der Waals surface area contributed by atoms with Gasteiger partial charge in [0.25, 0.3) is 0 Å². The molecule has 0 fully saturated rings. The molecule has 1 amide bonds. The number of benzene rings is 2. The molecule has 4 heterocycles. The summed E-state index contributed by atoms with van der Waals surface area (Å²) in [6.45, 7) is 8.13. The maximum Gasteiger partial charge on any atom is 0.224 e. The van der Waals surface area contributed by atoms with E-state index < -0.39 is 0 Å². The van der Waals surface area contributed by atoms with Gasteiger partial charge < -0.3 is 14.9 Å². The molecule has 6 rings (SSSR count). The lowest BCUT2D eigenvalue weighted by Crippen LogP contribution is -2.19. The van der Waals surface area contributed by atoms with Crippen LogP contribution >= 0.6 is 0 Å². The number of aromatic nitrogens is 6. The third kappa shape index (κ3) is 4.56. The standard InChI is InChI=1S/C30H29N7O/c1-18-16-37(17-32-18)27-7-5-6-24-22(27)12-26(34-24)29-23-11-19(8-9-25(23)35-36-29)20-10-21(15-31-14-20)33-28(38)13-30(2,3)4/h5-12,14-17,34H,13H2,1-4H3,(H,33,38)(H,35,36). The van der Waals surface area contributed by atoms with E-state index in [4.69, 9.17) is 0 Å². The first-order valence-electron chi connectivity index (χ1n) is 12.6. The second kappa shape index (κ2) is 8.99. The highest BCUT2D eigenvalue weighted by Crippen LogP contribution is 2.34. The summed E-state index contributed by atoms with van der Waals surface area (Å²) in [4.78, 5) is 24.7. The minimum atomic E-state index is -0.0844. The van der Waals surface area contributed by atoms with Gasteiger partial charge in [-0.25, -0.2) is 4.98 Å². The zero-order valence-corrected chi connectivity index (χ0v) is 21.8. The first-order valence-corrected chi connectivity index (χ1v) is 12.6. The number of anilines is 1. The van der Waals surface area contributed by atoms with Crippen molar-refractivity contribution in [2.45, 2.75) is 34.1 Å². The number of imidazole rings is 1. The minimum absolute atomic E-state index is 0.0203. The fraction of sp³-hybridized carbons (Fsp3) is 0.200. The number of pyridine rings is 1. The molecule has 0 radical (unpaired) electrons. The highest BCUT2D eigenvalue weighted by molar-refractivity contribution is 5.99. The van der Waals surface area contributed by atoms with Crippen molar-refractivity contribution in [1.29, 1.82) is 0 Å². The number of aryl methyl sites for hydroxylation is 1. The van der Waals surface area contributed by atoms with E-state index in [0.717, 1.165) is 55.7 Å². The molecule has 8 heteroatoms. The Balaban J connectivity index is 1.36. The van der Waals surface area contributed by atoms with Crippen LogP contribution in [0.3, 0.4) is 0 Å². The van der Waals surface area contributed by atoms with Crippen LogP contribution in [0.25, 0.3) is 50.0 Å². The number of rotatable bonds is 5. The Labute approximate surface area is 220 Å². The number of aromatic amines is 2. The number of amides is 1. The average Bonchev–Trinajstić information content (AvgIpc) is 3.60. The predicted molar refractivity (Wildman–Crippen MR) is 151 cm³/mol. The van der Waals surface area contributed by atoms with Crippen molar-refractivity contribution in [1.82, 2.24) is 29.7 Å². The van der Waals surface area contributed by atoms with Crippen LogP contribution in [0, 0.1) is 12.3 Å². The Kier molecular flexibility index (Phi) is 5.60. The van der Waals surface area contributed by atoms with Gasteiger partial charge in [0, 0.05) is 40.7 Å². The number of nitrogens with zero attached hydrogens (tertiary/aromatic N) is 4. The van der Waals surface area contributed by atoms with E-state index in [0.29, 0.717) is 12.1 Å². The molecule has 0 aliphatic rings. The summed E-state index contributed by atoms with van der Waals surface area (Å²) in [5.41, 5.74) is 8.27. The number of hydrogen-bond acceptors (Lipinski definition) is 4. The second-order valence-corrected chi connectivity index (χ2v) is 10.9. The average molecular weight is 504 g/mol. The lowest BCUT2D eigenvalue weighted by Gasteiger charge is -2.17. The van der Waals surface area contributed by atoms with E-state index in [2.05, 4.69) is 54.7 Å². The summed E-state index contributed by atoms with van der Waals surface area (Å²) in [5, 5.41) is 12.9. The molecule has 0 aliphatic carbocycles. The van der Waals surface area contributed by atoms with Crippen molar-refractivity contribution < 1.29 is 4.79 Å². The van der Waals surface area contributed by atoms with E-state index in [1.807, 2.05) is 75.2 Å². The molecule has 38 heavy (non-hydrogen) atoms. The van der Waals surface area contributed by atoms with Crippen molar-refractivity contribution in [3.8, 4) is 28.2 Å². The Hall–Kier alpha value is -4.72. The van der Waals surface area contributed by atoms with Crippen molar-refractivity contribution in [2.24, 2.45) is 5.41 Å². The van der Waals surface area contributed by atoms with E-state index in [9.17, 15) is 4.79 Å². The molecule has 6 aromatic rings. The van der Waals surface area contributed by atoms with Crippen molar-refractivity contribution in [3.63, 3.8) is 0 Å². The zero-order valence-electron chi connectivity index (χ0n) is 21.8. The van der Waals surface area contributed by atoms with E-state index >= 15 is 0 Å². The number of carbonyl (C=O) groups excluding carboxylic acids is 1. The van der Waals surface area contributed by atoms with Gasteiger partial charge in [0.2, 0.25) is 5.91 Å². The number of carbonyl (C=O) groups is 1. The maximum atomic E-state index is 12.4. The Morgan fingerprint density at radius 1 is 1.00 bits per heavy atom. The molecular formula is C30H29N7O. The highest BCUT2D eigenvalue weighted by Gasteiger charge is 2.17. The monoisotopic (exact) mass is 503 g/mol. The van der Waals surface area contributed by atoms with Gasteiger partial charge in [0.1, 0.15) is 5.69 Å². The predicted octanol–water partition coefficient (Wildman–Crippen LogP) is 6.64. The molecule has 0 aliphatic heterocycles. The zero-order chi connectivity index (χ0) is 26.4. The lowest BCUT2D eigenvalue weighted by molar-refractivity contribution is -0.117. The summed E-state index contributed by atoms with van der Waals surface area (Å²) in [6.07, 6.45) is 7.78. The largest absolute Gasteiger partial charge is 0.353 e. The normalized spacial score (nSPS) is 11.9. The quantitative estimate of drug-likeness (QED) is 0.245. The molecule has 8 nitrogen and oxygen atoms in total. The number of hydrogen-bond donors (Lipinski definition) is 3. The van der Waals surface area contributed by atoms with Gasteiger partial charge in [-0.05, 0) is 54.3 Å². The van der Waals surface area contributed by atoms with Gasteiger partial charge in [0.05, 0.1) is 40.8 Å². The number of fused-ring (bicyclic) bond motifs is 2. The van der Waals surface area contributed by atoms with Crippen molar-refractivity contribution in [2.75, 3.05) is 5.32 Å². The lowest BCUT2D eigenvalue weighted by atomic mass is 9.92. The molecule has 2 aromatic carbocycles. The molecule has 190 valence electrons.